The predicted octanol–water partition coefficient (Wildman–Crippen LogP) is -3.50. The number of amides is 4. The predicted molar refractivity (Wildman–Crippen MR) is 138 cm³/mol. The number of benzene rings is 1. The Morgan fingerprint density at radius 3 is 1.90 bits per heavy atom. The first-order valence-electron chi connectivity index (χ1n) is 11.8. The molecule has 214 valence electrons. The van der Waals surface area contributed by atoms with Gasteiger partial charge in [-0.1, -0.05) is 30.3 Å². The smallest absolute Gasteiger partial charge is 0.326 e. The fraction of sp³-hybridized carbons (Fsp3) is 0.435. The van der Waals surface area contributed by atoms with Crippen molar-refractivity contribution in [1.29, 1.82) is 0 Å². The van der Waals surface area contributed by atoms with E-state index < -0.39 is 72.6 Å². The highest BCUT2D eigenvalue weighted by Crippen LogP contribution is 2.07. The van der Waals surface area contributed by atoms with Crippen LogP contribution in [0.15, 0.2) is 35.3 Å². The molecule has 16 nitrogen and oxygen atoms in total. The zero-order valence-corrected chi connectivity index (χ0v) is 21.0. The molecule has 4 unspecified atom stereocenters. The van der Waals surface area contributed by atoms with Crippen molar-refractivity contribution in [1.82, 2.24) is 16.0 Å². The first-order chi connectivity index (χ1) is 18.3. The Bertz CT molecular complexity index is 1060. The second kappa shape index (κ2) is 16.2. The fourth-order valence-corrected chi connectivity index (χ4v) is 3.34. The third-order valence-electron chi connectivity index (χ3n) is 5.25. The van der Waals surface area contributed by atoms with Crippen LogP contribution in [-0.4, -0.2) is 82.5 Å². The van der Waals surface area contributed by atoms with E-state index in [0.717, 1.165) is 0 Å². The zero-order valence-electron chi connectivity index (χ0n) is 21.0. The number of carbonyl (C=O) groups excluding carboxylic acids is 4. The zero-order chi connectivity index (χ0) is 29.5. The Hall–Kier alpha value is -4.73. The van der Waals surface area contributed by atoms with Crippen molar-refractivity contribution in [2.24, 2.45) is 27.9 Å². The lowest BCUT2D eigenvalue weighted by atomic mass is 10.0. The molecule has 1 aromatic rings. The molecule has 0 heterocycles. The number of carboxylic acid groups (broad SMARTS) is 2. The number of hydrogen-bond acceptors (Lipinski definition) is 8. The molecule has 1 aromatic carbocycles. The largest absolute Gasteiger partial charge is 0.481 e. The summed E-state index contributed by atoms with van der Waals surface area (Å²) in [6.07, 6.45) is -1.38. The summed E-state index contributed by atoms with van der Waals surface area (Å²) in [6, 6.07) is 2.69. The molecule has 0 fully saturated rings. The van der Waals surface area contributed by atoms with E-state index in [1.165, 1.54) is 0 Å². The van der Waals surface area contributed by atoms with Crippen LogP contribution in [0.1, 0.15) is 31.2 Å². The molecule has 0 aliphatic heterocycles. The van der Waals surface area contributed by atoms with Gasteiger partial charge in [0.2, 0.25) is 23.6 Å². The molecule has 4 amide bonds. The van der Waals surface area contributed by atoms with Gasteiger partial charge in [0.05, 0.1) is 18.9 Å². The minimum absolute atomic E-state index is 0.0496. The Balaban J connectivity index is 3.08. The second-order valence-electron chi connectivity index (χ2n) is 8.54. The van der Waals surface area contributed by atoms with Gasteiger partial charge >= 0.3 is 11.9 Å². The van der Waals surface area contributed by atoms with Crippen molar-refractivity contribution >= 4 is 41.5 Å². The number of aliphatic carboxylic acids is 2. The molecule has 0 aromatic heterocycles. The van der Waals surface area contributed by atoms with Crippen LogP contribution < -0.4 is 38.9 Å². The van der Waals surface area contributed by atoms with Gasteiger partial charge < -0.3 is 49.1 Å². The van der Waals surface area contributed by atoms with Gasteiger partial charge in [-0.05, 0) is 18.4 Å². The normalized spacial score (nSPS) is 13.6. The topological polar surface area (TPSA) is 295 Å². The first kappa shape index (κ1) is 32.3. The number of hydrogen-bond donors (Lipinski definition) is 9. The Kier molecular flexibility index (Phi) is 13.4. The fourth-order valence-electron chi connectivity index (χ4n) is 3.34. The highest BCUT2D eigenvalue weighted by molar-refractivity contribution is 5.96. The van der Waals surface area contributed by atoms with E-state index in [4.69, 9.17) is 22.9 Å². The lowest BCUT2D eigenvalue weighted by molar-refractivity contribution is -0.143. The quantitative estimate of drug-likeness (QED) is 0.0520. The number of primary amides is 1. The van der Waals surface area contributed by atoms with E-state index in [1.807, 2.05) is 0 Å². The lowest BCUT2D eigenvalue weighted by Crippen LogP contribution is -2.57. The monoisotopic (exact) mass is 550 g/mol. The molecule has 1 rings (SSSR count). The van der Waals surface area contributed by atoms with Crippen LogP contribution in [0.3, 0.4) is 0 Å². The summed E-state index contributed by atoms with van der Waals surface area (Å²) in [5.41, 5.74) is 21.8. The second-order valence-corrected chi connectivity index (χ2v) is 8.54. The van der Waals surface area contributed by atoms with Gasteiger partial charge in [0.1, 0.15) is 18.1 Å². The molecule has 13 N–H and O–H groups in total. The minimum atomic E-state index is -1.68. The number of carboxylic acids is 2. The molecular formula is C23H34N8O8. The number of guanidine groups is 1. The van der Waals surface area contributed by atoms with Crippen LogP contribution in [-0.2, 0) is 35.2 Å². The number of nitrogens with one attached hydrogen (secondary N) is 3. The van der Waals surface area contributed by atoms with Crippen molar-refractivity contribution in [3.05, 3.63) is 35.9 Å². The Morgan fingerprint density at radius 1 is 0.795 bits per heavy atom. The van der Waals surface area contributed by atoms with Crippen LogP contribution in [0.2, 0.25) is 0 Å². The third kappa shape index (κ3) is 12.9. The van der Waals surface area contributed by atoms with Crippen LogP contribution in [0.4, 0.5) is 0 Å². The summed E-state index contributed by atoms with van der Waals surface area (Å²) in [5, 5.41) is 25.6. The van der Waals surface area contributed by atoms with Crippen molar-refractivity contribution in [3.63, 3.8) is 0 Å². The van der Waals surface area contributed by atoms with Gasteiger partial charge in [0.15, 0.2) is 5.96 Å². The molecule has 0 spiro atoms. The van der Waals surface area contributed by atoms with E-state index in [2.05, 4.69) is 20.9 Å². The van der Waals surface area contributed by atoms with Crippen molar-refractivity contribution in [2.45, 2.75) is 56.3 Å². The maximum absolute atomic E-state index is 13.1. The molecule has 0 saturated carbocycles. The SMILES string of the molecule is NC(=O)CC(N)C(=O)NC(CC(=O)O)C(=O)NC(CCCN=C(N)N)C(=O)NC(Cc1ccccc1)C(=O)O. The van der Waals surface area contributed by atoms with E-state index in [1.54, 1.807) is 30.3 Å². The highest BCUT2D eigenvalue weighted by atomic mass is 16.4. The van der Waals surface area contributed by atoms with Crippen LogP contribution in [0.5, 0.6) is 0 Å². The molecular weight excluding hydrogens is 516 g/mol. The van der Waals surface area contributed by atoms with Crippen molar-refractivity contribution in [2.75, 3.05) is 6.54 Å². The molecule has 0 bridgehead atoms. The average Bonchev–Trinajstić information content (AvgIpc) is 2.84. The number of nitrogens with two attached hydrogens (primary N) is 4. The number of carbonyl (C=O) groups is 6. The summed E-state index contributed by atoms with van der Waals surface area (Å²) < 4.78 is 0. The van der Waals surface area contributed by atoms with Crippen LogP contribution in [0.25, 0.3) is 0 Å². The molecule has 0 saturated heterocycles. The molecule has 4 atom stereocenters. The Labute approximate surface area is 223 Å². The average molecular weight is 551 g/mol. The van der Waals surface area contributed by atoms with Crippen LogP contribution in [0, 0.1) is 0 Å². The summed E-state index contributed by atoms with van der Waals surface area (Å²) in [6.45, 7) is 0.0750. The molecule has 0 aliphatic carbocycles. The first-order valence-corrected chi connectivity index (χ1v) is 11.8. The molecule has 0 radical (unpaired) electrons. The lowest BCUT2D eigenvalue weighted by Gasteiger charge is -2.24. The molecule has 39 heavy (non-hydrogen) atoms. The number of aliphatic imine (C=N–C) groups is 1. The molecule has 0 aliphatic rings. The van der Waals surface area contributed by atoms with Gasteiger partial charge in [-0.15, -0.1) is 0 Å². The van der Waals surface area contributed by atoms with Crippen LogP contribution >= 0.6 is 0 Å². The summed E-state index contributed by atoms with van der Waals surface area (Å²) in [5.74, 6) is -6.82. The third-order valence-corrected chi connectivity index (χ3v) is 5.25. The van der Waals surface area contributed by atoms with Gasteiger partial charge in [-0.2, -0.15) is 0 Å². The Morgan fingerprint density at radius 2 is 1.36 bits per heavy atom. The highest BCUT2D eigenvalue weighted by Gasteiger charge is 2.31. The minimum Gasteiger partial charge on any atom is -0.481 e. The van der Waals surface area contributed by atoms with Crippen molar-refractivity contribution in [3.8, 4) is 0 Å². The molecule has 16 heteroatoms. The van der Waals surface area contributed by atoms with E-state index >= 15 is 0 Å². The van der Waals surface area contributed by atoms with Gasteiger partial charge in [-0.3, -0.25) is 29.0 Å². The maximum Gasteiger partial charge on any atom is 0.326 e. The summed E-state index contributed by atoms with van der Waals surface area (Å²) in [4.78, 5) is 76.2. The van der Waals surface area contributed by atoms with Gasteiger partial charge in [-0.25, -0.2) is 4.79 Å². The van der Waals surface area contributed by atoms with E-state index in [-0.39, 0.29) is 31.8 Å². The standard InChI is InChI=1S/C23H34N8O8/c24-13(10-17(25)32)19(35)30-15(11-18(33)34)21(37)29-14(7-4-8-28-23(26)27)20(36)31-16(22(38)39)9-12-5-2-1-3-6-12/h1-3,5-6,13-16H,4,7-11,24H2,(H2,25,32)(H,29,37)(H,30,35)(H,31,36)(H,33,34)(H,38,39)(H4,26,27,28). The van der Waals surface area contributed by atoms with Gasteiger partial charge in [0, 0.05) is 13.0 Å². The summed E-state index contributed by atoms with van der Waals surface area (Å²) in [7, 11) is 0. The summed E-state index contributed by atoms with van der Waals surface area (Å²) >= 11 is 0. The van der Waals surface area contributed by atoms with Gasteiger partial charge in [0.25, 0.3) is 0 Å². The van der Waals surface area contributed by atoms with Crippen molar-refractivity contribution < 1.29 is 39.0 Å². The maximum atomic E-state index is 13.1. The van der Waals surface area contributed by atoms with E-state index in [9.17, 15) is 39.0 Å². The number of rotatable bonds is 17. The van der Waals surface area contributed by atoms with E-state index in [0.29, 0.717) is 5.56 Å². The number of nitrogens with zero attached hydrogens (tertiary/aromatic N) is 1.